The molecular formula is C31H27ClN4O2. The van der Waals surface area contributed by atoms with E-state index in [0.717, 1.165) is 28.9 Å². The second kappa shape index (κ2) is 11.3. The fourth-order valence-corrected chi connectivity index (χ4v) is 4.49. The molecule has 0 saturated heterocycles. The quantitative estimate of drug-likeness (QED) is 0.234. The average molecular weight is 523 g/mol. The molecule has 2 N–H and O–H groups in total. The van der Waals surface area contributed by atoms with Crippen molar-refractivity contribution in [3.05, 3.63) is 124 Å². The smallest absolute Gasteiger partial charge is 0.308 e. The molecule has 1 heterocycles. The molecule has 6 nitrogen and oxygen atoms in total. The van der Waals surface area contributed by atoms with Crippen LogP contribution in [0, 0.1) is 0 Å². The highest BCUT2D eigenvalue weighted by molar-refractivity contribution is 6.30. The second-order valence-corrected chi connectivity index (χ2v) is 9.49. The summed E-state index contributed by atoms with van der Waals surface area (Å²) in [4.78, 5) is 31.0. The van der Waals surface area contributed by atoms with Crippen molar-refractivity contribution >= 4 is 39.9 Å². The normalized spacial score (nSPS) is 10.9. The molecular weight excluding hydrogens is 496 g/mol. The zero-order chi connectivity index (χ0) is 26.5. The van der Waals surface area contributed by atoms with Crippen LogP contribution in [-0.4, -0.2) is 15.6 Å². The first-order valence-corrected chi connectivity index (χ1v) is 12.9. The number of halogens is 1. The fourth-order valence-electron chi connectivity index (χ4n) is 4.36. The van der Waals surface area contributed by atoms with Gasteiger partial charge in [-0.15, -0.1) is 0 Å². The molecule has 0 atom stereocenters. The Bertz CT molecular complexity index is 1630. The molecule has 0 spiro atoms. The first kappa shape index (κ1) is 25.2. The van der Waals surface area contributed by atoms with Crippen molar-refractivity contribution in [1.29, 1.82) is 0 Å². The van der Waals surface area contributed by atoms with Gasteiger partial charge in [0.05, 0.1) is 17.4 Å². The molecule has 0 bridgehead atoms. The molecule has 2 amide bonds. The van der Waals surface area contributed by atoms with Gasteiger partial charge in [0.1, 0.15) is 5.82 Å². The van der Waals surface area contributed by atoms with Crippen molar-refractivity contribution in [3.63, 3.8) is 0 Å². The number of anilines is 2. The summed E-state index contributed by atoms with van der Waals surface area (Å²) in [6.45, 7) is 2.49. The van der Waals surface area contributed by atoms with Crippen molar-refractivity contribution in [1.82, 2.24) is 9.55 Å². The number of carbonyl (C=O) groups is 1. The predicted octanol–water partition coefficient (Wildman–Crippen LogP) is 7.36. The summed E-state index contributed by atoms with van der Waals surface area (Å²) in [7, 11) is 0. The van der Waals surface area contributed by atoms with Gasteiger partial charge in [-0.3, -0.25) is 9.36 Å². The van der Waals surface area contributed by atoms with E-state index < -0.39 is 6.03 Å². The molecule has 0 aliphatic carbocycles. The number of benzene rings is 4. The van der Waals surface area contributed by atoms with Gasteiger partial charge in [0.25, 0.3) is 5.56 Å². The summed E-state index contributed by atoms with van der Waals surface area (Å²) in [5.41, 5.74) is 4.88. The summed E-state index contributed by atoms with van der Waals surface area (Å²) in [6, 6.07) is 30.0. The molecule has 5 rings (SSSR count). The number of urea groups is 1. The Balaban J connectivity index is 1.42. The van der Waals surface area contributed by atoms with Gasteiger partial charge in [-0.05, 0) is 65.6 Å². The van der Waals surface area contributed by atoms with E-state index in [-0.39, 0.29) is 5.56 Å². The largest absolute Gasteiger partial charge is 0.323 e. The van der Waals surface area contributed by atoms with Crippen molar-refractivity contribution in [2.24, 2.45) is 0 Å². The van der Waals surface area contributed by atoms with Crippen LogP contribution >= 0.6 is 11.6 Å². The van der Waals surface area contributed by atoms with E-state index in [2.05, 4.69) is 41.8 Å². The summed E-state index contributed by atoms with van der Waals surface area (Å²) in [5, 5.41) is 6.60. The molecule has 0 aliphatic rings. The molecule has 190 valence electrons. The van der Waals surface area contributed by atoms with Gasteiger partial charge in [-0.25, -0.2) is 9.78 Å². The molecule has 38 heavy (non-hydrogen) atoms. The van der Waals surface area contributed by atoms with Crippen LogP contribution in [-0.2, 0) is 13.0 Å². The van der Waals surface area contributed by atoms with Crippen LogP contribution in [0.15, 0.2) is 102 Å². The topological polar surface area (TPSA) is 76.0 Å². The van der Waals surface area contributed by atoms with E-state index in [1.165, 1.54) is 0 Å². The summed E-state index contributed by atoms with van der Waals surface area (Å²) >= 11 is 5.91. The highest BCUT2D eigenvalue weighted by atomic mass is 35.5. The van der Waals surface area contributed by atoms with E-state index in [1.807, 2.05) is 30.3 Å². The lowest BCUT2D eigenvalue weighted by Gasteiger charge is -2.15. The number of rotatable bonds is 7. The van der Waals surface area contributed by atoms with Gasteiger partial charge < -0.3 is 10.6 Å². The van der Waals surface area contributed by atoms with E-state index in [9.17, 15) is 9.59 Å². The van der Waals surface area contributed by atoms with Crippen molar-refractivity contribution < 1.29 is 4.79 Å². The van der Waals surface area contributed by atoms with Crippen LogP contribution in [0.1, 0.15) is 24.7 Å². The number of fused-ring (bicyclic) bond motifs is 1. The van der Waals surface area contributed by atoms with E-state index >= 15 is 0 Å². The maximum absolute atomic E-state index is 13.7. The predicted molar refractivity (Wildman–Crippen MR) is 155 cm³/mol. The van der Waals surface area contributed by atoms with Gasteiger partial charge in [0.2, 0.25) is 0 Å². The maximum atomic E-state index is 13.7. The zero-order valence-electron chi connectivity index (χ0n) is 20.9. The van der Waals surface area contributed by atoms with E-state index in [1.54, 1.807) is 47.0 Å². The molecule has 0 aliphatic heterocycles. The number of aryl methyl sites for hydroxylation is 1. The van der Waals surface area contributed by atoms with Crippen molar-refractivity contribution in [3.8, 4) is 11.1 Å². The van der Waals surface area contributed by atoms with Gasteiger partial charge in [0, 0.05) is 22.8 Å². The molecule has 0 radical (unpaired) electrons. The monoisotopic (exact) mass is 522 g/mol. The van der Waals surface area contributed by atoms with Gasteiger partial charge in [-0.1, -0.05) is 73.1 Å². The Morgan fingerprint density at radius 2 is 1.50 bits per heavy atom. The third-order valence-electron chi connectivity index (χ3n) is 6.27. The summed E-state index contributed by atoms with van der Waals surface area (Å²) in [6.07, 6.45) is 1.56. The van der Waals surface area contributed by atoms with Crippen LogP contribution in [0.25, 0.3) is 22.0 Å². The van der Waals surface area contributed by atoms with Gasteiger partial charge in [-0.2, -0.15) is 0 Å². The highest BCUT2D eigenvalue weighted by Crippen LogP contribution is 2.21. The molecule has 1 aromatic heterocycles. The molecule has 4 aromatic carbocycles. The number of carbonyl (C=O) groups excluding carboxylic acids is 1. The minimum absolute atomic E-state index is 0.132. The number of amides is 2. The minimum Gasteiger partial charge on any atom is -0.308 e. The number of aromatic nitrogens is 2. The van der Waals surface area contributed by atoms with Crippen molar-refractivity contribution in [2.75, 3.05) is 10.6 Å². The standard InChI is InChI=1S/C31H27ClN4O2/c1-2-6-29-35-28-18-17-26(34-31(38)33-25-15-13-24(32)14-16-25)19-27(28)30(37)36(29)20-21-9-11-23(12-10-21)22-7-4-3-5-8-22/h3-5,7-19H,2,6,20H2,1H3,(H2,33,34,38). The summed E-state index contributed by atoms with van der Waals surface area (Å²) < 4.78 is 1.74. The zero-order valence-corrected chi connectivity index (χ0v) is 21.7. The SMILES string of the molecule is CCCc1nc2ccc(NC(=O)Nc3ccc(Cl)cc3)cc2c(=O)n1Cc1ccc(-c2ccccc2)cc1. The lowest BCUT2D eigenvalue weighted by Crippen LogP contribution is -2.26. The first-order valence-electron chi connectivity index (χ1n) is 12.5. The Morgan fingerprint density at radius 1 is 0.842 bits per heavy atom. The Labute approximate surface area is 225 Å². The number of hydrogen-bond donors (Lipinski definition) is 2. The molecule has 5 aromatic rings. The van der Waals surface area contributed by atoms with Crippen molar-refractivity contribution in [2.45, 2.75) is 26.3 Å². The Hall–Kier alpha value is -4.42. The lowest BCUT2D eigenvalue weighted by atomic mass is 10.0. The van der Waals surface area contributed by atoms with Crippen LogP contribution in [0.5, 0.6) is 0 Å². The third kappa shape index (κ3) is 5.76. The Morgan fingerprint density at radius 3 is 2.21 bits per heavy atom. The van der Waals surface area contributed by atoms with Gasteiger partial charge >= 0.3 is 6.03 Å². The fraction of sp³-hybridized carbons (Fsp3) is 0.129. The van der Waals surface area contributed by atoms with Gasteiger partial charge in [0.15, 0.2) is 0 Å². The number of nitrogens with zero attached hydrogens (tertiary/aromatic N) is 2. The highest BCUT2D eigenvalue weighted by Gasteiger charge is 2.13. The molecule has 0 fully saturated rings. The van der Waals surface area contributed by atoms with Crippen LogP contribution < -0.4 is 16.2 Å². The maximum Gasteiger partial charge on any atom is 0.323 e. The Kier molecular flexibility index (Phi) is 7.52. The van der Waals surface area contributed by atoms with Crippen LogP contribution in [0.4, 0.5) is 16.2 Å². The minimum atomic E-state index is -0.416. The van der Waals surface area contributed by atoms with Crippen LogP contribution in [0.3, 0.4) is 0 Å². The average Bonchev–Trinajstić information content (AvgIpc) is 2.93. The lowest BCUT2D eigenvalue weighted by molar-refractivity contribution is 0.262. The van der Waals surface area contributed by atoms with E-state index in [0.29, 0.717) is 40.3 Å². The second-order valence-electron chi connectivity index (χ2n) is 9.05. The molecule has 0 unspecified atom stereocenters. The van der Waals surface area contributed by atoms with Crippen LogP contribution in [0.2, 0.25) is 5.02 Å². The number of hydrogen-bond acceptors (Lipinski definition) is 3. The molecule has 0 saturated carbocycles. The van der Waals surface area contributed by atoms with E-state index in [4.69, 9.17) is 16.6 Å². The number of nitrogens with one attached hydrogen (secondary N) is 2. The third-order valence-corrected chi connectivity index (χ3v) is 6.52. The molecule has 7 heteroatoms. The first-order chi connectivity index (χ1) is 18.5. The summed E-state index contributed by atoms with van der Waals surface area (Å²) in [5.74, 6) is 0.748.